The Morgan fingerprint density at radius 2 is 1.42 bits per heavy atom. The van der Waals surface area contributed by atoms with Crippen molar-refractivity contribution in [2.75, 3.05) is 16.0 Å². The number of nitrogens with zero attached hydrogens (tertiary/aromatic N) is 1. The summed E-state index contributed by atoms with van der Waals surface area (Å²) < 4.78 is 40.3. The van der Waals surface area contributed by atoms with Gasteiger partial charge in [0.15, 0.2) is 0 Å². The Labute approximate surface area is 157 Å². The molecule has 0 heterocycles. The number of rotatable bonds is 5. The molecule has 0 saturated carbocycles. The van der Waals surface area contributed by atoms with E-state index in [0.29, 0.717) is 16.4 Å². The van der Waals surface area contributed by atoms with Gasteiger partial charge in [-0.15, -0.1) is 0 Å². The molecule has 0 aliphatic carbocycles. The van der Waals surface area contributed by atoms with Gasteiger partial charge in [0.1, 0.15) is 17.5 Å². The minimum atomic E-state index is -0.733. The molecule has 3 rings (SSSR count). The number of hydrazine groups is 2. The molecule has 26 heavy (non-hydrogen) atoms. The maximum Gasteiger partial charge on any atom is 0.141 e. The fourth-order valence-corrected chi connectivity index (χ4v) is 2.58. The molecule has 8 heteroatoms. The normalized spacial score (nSPS) is 10.5. The first-order valence-corrected chi connectivity index (χ1v) is 8.16. The van der Waals surface area contributed by atoms with Crippen molar-refractivity contribution < 1.29 is 13.2 Å². The van der Waals surface area contributed by atoms with E-state index in [1.807, 2.05) is 0 Å². The molecule has 0 atom stereocenters. The van der Waals surface area contributed by atoms with Crippen LogP contribution >= 0.6 is 23.2 Å². The summed E-state index contributed by atoms with van der Waals surface area (Å²) in [5.41, 5.74) is 6.92. The highest BCUT2D eigenvalue weighted by Gasteiger charge is 2.11. The Bertz CT molecular complexity index is 917. The summed E-state index contributed by atoms with van der Waals surface area (Å²) >= 11 is 11.8. The molecule has 0 saturated heterocycles. The third-order valence-electron chi connectivity index (χ3n) is 3.33. The lowest BCUT2D eigenvalue weighted by molar-refractivity contribution is 0.584. The van der Waals surface area contributed by atoms with Crippen molar-refractivity contribution in [3.05, 3.63) is 88.2 Å². The van der Waals surface area contributed by atoms with Crippen LogP contribution in [0.4, 0.5) is 30.2 Å². The van der Waals surface area contributed by atoms with Crippen molar-refractivity contribution in [1.29, 1.82) is 0 Å². The summed E-state index contributed by atoms with van der Waals surface area (Å²) in [6.07, 6.45) is 0. The van der Waals surface area contributed by atoms with Crippen LogP contribution in [0.3, 0.4) is 0 Å². The van der Waals surface area contributed by atoms with Crippen LogP contribution in [0.2, 0.25) is 10.0 Å². The van der Waals surface area contributed by atoms with Crippen LogP contribution in [0.25, 0.3) is 0 Å². The molecule has 0 unspecified atom stereocenters. The van der Waals surface area contributed by atoms with E-state index in [4.69, 9.17) is 23.2 Å². The zero-order valence-corrected chi connectivity index (χ0v) is 14.6. The smallest absolute Gasteiger partial charge is 0.141 e. The first-order chi connectivity index (χ1) is 12.4. The summed E-state index contributed by atoms with van der Waals surface area (Å²) in [6, 6.07) is 13.8. The van der Waals surface area contributed by atoms with Crippen molar-refractivity contribution in [3.8, 4) is 0 Å². The molecule has 2 N–H and O–H groups in total. The van der Waals surface area contributed by atoms with E-state index in [2.05, 4.69) is 10.9 Å². The van der Waals surface area contributed by atoms with E-state index < -0.39 is 17.5 Å². The highest BCUT2D eigenvalue weighted by Crippen LogP contribution is 2.25. The predicted molar refractivity (Wildman–Crippen MR) is 98.9 cm³/mol. The van der Waals surface area contributed by atoms with Gasteiger partial charge in [-0.2, -0.15) is 5.12 Å². The lowest BCUT2D eigenvalue weighted by Crippen LogP contribution is -2.35. The molecule has 0 spiro atoms. The molecule has 3 aromatic carbocycles. The SMILES string of the molecule is Fc1cc(F)cc(NN(Nc2ccc(F)c(Cl)c2)c2cccc(Cl)c2)c1. The zero-order valence-electron chi connectivity index (χ0n) is 13.1. The van der Waals surface area contributed by atoms with E-state index in [-0.39, 0.29) is 10.7 Å². The fraction of sp³-hybridized carbons (Fsp3) is 0. The Morgan fingerprint density at radius 1 is 0.731 bits per heavy atom. The first kappa shape index (κ1) is 18.2. The standard InChI is InChI=1S/C18H12Cl2F3N3/c19-11-2-1-3-16(6-11)26(24-14-4-5-18(23)17(20)10-14)25-15-8-12(21)7-13(22)9-15/h1-10,24-25H. The second kappa shape index (κ2) is 7.76. The monoisotopic (exact) mass is 397 g/mol. The first-order valence-electron chi connectivity index (χ1n) is 7.41. The summed E-state index contributed by atoms with van der Waals surface area (Å²) in [6.45, 7) is 0. The molecule has 0 aliphatic rings. The minimum Gasteiger partial charge on any atom is -0.280 e. The van der Waals surface area contributed by atoms with Gasteiger partial charge in [-0.25, -0.2) is 13.2 Å². The molecule has 3 aromatic rings. The quantitative estimate of drug-likeness (QED) is 0.496. The number of anilines is 3. The van der Waals surface area contributed by atoms with Gasteiger partial charge in [-0.1, -0.05) is 29.3 Å². The van der Waals surface area contributed by atoms with Crippen LogP contribution in [-0.4, -0.2) is 0 Å². The van der Waals surface area contributed by atoms with E-state index in [9.17, 15) is 13.2 Å². The minimum absolute atomic E-state index is 0.0714. The average molecular weight is 398 g/mol. The summed E-state index contributed by atoms with van der Waals surface area (Å²) in [5, 5.41) is 1.76. The summed E-state index contributed by atoms with van der Waals surface area (Å²) in [5.74, 6) is -2.03. The van der Waals surface area contributed by atoms with Crippen molar-refractivity contribution in [3.63, 3.8) is 0 Å². The molecule has 0 bridgehead atoms. The maximum absolute atomic E-state index is 13.5. The Hall–Kier alpha value is -2.57. The molecule has 0 aliphatic heterocycles. The van der Waals surface area contributed by atoms with E-state index >= 15 is 0 Å². The van der Waals surface area contributed by atoms with Gasteiger partial charge in [-0.3, -0.25) is 10.9 Å². The average Bonchev–Trinajstić information content (AvgIpc) is 2.57. The van der Waals surface area contributed by atoms with Gasteiger partial charge in [0.05, 0.1) is 22.1 Å². The molecule has 0 aromatic heterocycles. The highest BCUT2D eigenvalue weighted by molar-refractivity contribution is 6.31. The van der Waals surface area contributed by atoms with Crippen LogP contribution in [0.5, 0.6) is 0 Å². The third kappa shape index (κ3) is 4.53. The second-order valence-corrected chi connectivity index (χ2v) is 6.17. The second-order valence-electron chi connectivity index (χ2n) is 5.33. The molecular formula is C18H12Cl2F3N3. The maximum atomic E-state index is 13.5. The van der Waals surface area contributed by atoms with Crippen molar-refractivity contribution in [1.82, 2.24) is 0 Å². The van der Waals surface area contributed by atoms with Gasteiger partial charge >= 0.3 is 0 Å². The number of hydrogen-bond donors (Lipinski definition) is 2. The van der Waals surface area contributed by atoms with Crippen LogP contribution in [0.15, 0.2) is 60.7 Å². The third-order valence-corrected chi connectivity index (χ3v) is 3.86. The predicted octanol–water partition coefficient (Wildman–Crippen LogP) is 6.27. The number of halogens is 5. The van der Waals surface area contributed by atoms with Gasteiger partial charge in [0.25, 0.3) is 0 Å². The van der Waals surface area contributed by atoms with Gasteiger partial charge in [0, 0.05) is 11.1 Å². The molecular weight excluding hydrogens is 386 g/mol. The van der Waals surface area contributed by atoms with Crippen molar-refractivity contribution in [2.24, 2.45) is 0 Å². The topological polar surface area (TPSA) is 27.3 Å². The lowest BCUT2D eigenvalue weighted by atomic mass is 10.3. The Balaban J connectivity index is 1.94. The van der Waals surface area contributed by atoms with Crippen LogP contribution < -0.4 is 16.0 Å². The van der Waals surface area contributed by atoms with Gasteiger partial charge in [0.2, 0.25) is 0 Å². The lowest BCUT2D eigenvalue weighted by Gasteiger charge is -2.28. The van der Waals surface area contributed by atoms with Gasteiger partial charge in [-0.05, 0) is 48.5 Å². The summed E-state index contributed by atoms with van der Waals surface area (Å²) in [4.78, 5) is 0. The van der Waals surface area contributed by atoms with Crippen LogP contribution in [-0.2, 0) is 0 Å². The number of benzene rings is 3. The fourth-order valence-electron chi connectivity index (χ4n) is 2.21. The van der Waals surface area contributed by atoms with Crippen molar-refractivity contribution in [2.45, 2.75) is 0 Å². The molecule has 0 amide bonds. The Kier molecular flexibility index (Phi) is 5.44. The molecule has 0 fully saturated rings. The van der Waals surface area contributed by atoms with Crippen molar-refractivity contribution >= 4 is 40.3 Å². The van der Waals surface area contributed by atoms with Gasteiger partial charge < -0.3 is 0 Å². The van der Waals surface area contributed by atoms with Crippen LogP contribution in [0, 0.1) is 17.5 Å². The largest absolute Gasteiger partial charge is 0.280 e. The number of nitrogens with one attached hydrogen (secondary N) is 2. The summed E-state index contributed by atoms with van der Waals surface area (Å²) in [7, 11) is 0. The molecule has 134 valence electrons. The van der Waals surface area contributed by atoms with Crippen LogP contribution in [0.1, 0.15) is 0 Å². The van der Waals surface area contributed by atoms with E-state index in [1.54, 1.807) is 24.3 Å². The Morgan fingerprint density at radius 3 is 2.08 bits per heavy atom. The molecule has 3 nitrogen and oxygen atoms in total. The zero-order chi connectivity index (χ0) is 18.7. The highest BCUT2D eigenvalue weighted by atomic mass is 35.5. The van der Waals surface area contributed by atoms with E-state index in [0.717, 1.165) is 18.2 Å². The van der Waals surface area contributed by atoms with E-state index in [1.165, 1.54) is 23.3 Å². The number of hydrogen-bond acceptors (Lipinski definition) is 3. The molecule has 0 radical (unpaired) electrons.